The Morgan fingerprint density at radius 3 is 2.62 bits per heavy atom. The highest BCUT2D eigenvalue weighted by atomic mass is 28.3. The molecule has 0 heterocycles. The van der Waals surface area contributed by atoms with Crippen molar-refractivity contribution in [2.75, 3.05) is 0 Å². The molecular formula is C12H18Si. The first kappa shape index (κ1) is 10.3. The summed E-state index contributed by atoms with van der Waals surface area (Å²) in [6, 6.07) is 0. The predicted molar refractivity (Wildman–Crippen MR) is 62.5 cm³/mol. The van der Waals surface area contributed by atoms with Gasteiger partial charge in [-0.2, -0.15) is 0 Å². The SMILES string of the molecule is CCC#CC1([SiH](C)C)C=CC=CC1. The highest BCUT2D eigenvalue weighted by Crippen LogP contribution is 2.38. The van der Waals surface area contributed by atoms with Crippen LogP contribution in [0, 0.1) is 11.8 Å². The zero-order chi connectivity index (χ0) is 9.73. The third-order valence-electron chi connectivity index (χ3n) is 2.62. The summed E-state index contributed by atoms with van der Waals surface area (Å²) in [5.74, 6) is 6.70. The molecule has 70 valence electrons. The summed E-state index contributed by atoms with van der Waals surface area (Å²) in [7, 11) is -0.731. The Kier molecular flexibility index (Phi) is 3.56. The van der Waals surface area contributed by atoms with Gasteiger partial charge in [0.25, 0.3) is 0 Å². The van der Waals surface area contributed by atoms with Crippen molar-refractivity contribution in [2.45, 2.75) is 37.9 Å². The second-order valence-electron chi connectivity index (χ2n) is 3.84. The van der Waals surface area contributed by atoms with Gasteiger partial charge in [-0.3, -0.25) is 0 Å². The maximum absolute atomic E-state index is 3.46. The van der Waals surface area contributed by atoms with E-state index in [0.29, 0.717) is 0 Å². The van der Waals surface area contributed by atoms with Crippen molar-refractivity contribution in [2.24, 2.45) is 0 Å². The molecular weight excluding hydrogens is 172 g/mol. The van der Waals surface area contributed by atoms with E-state index >= 15 is 0 Å². The van der Waals surface area contributed by atoms with Gasteiger partial charge in [0.05, 0.1) is 8.80 Å². The van der Waals surface area contributed by atoms with Gasteiger partial charge in [0.15, 0.2) is 0 Å². The average Bonchev–Trinajstić information content (AvgIpc) is 2.16. The monoisotopic (exact) mass is 190 g/mol. The van der Waals surface area contributed by atoms with Crippen LogP contribution in [0.25, 0.3) is 0 Å². The van der Waals surface area contributed by atoms with Crippen molar-refractivity contribution in [1.82, 2.24) is 0 Å². The molecule has 13 heavy (non-hydrogen) atoms. The molecule has 0 aromatic heterocycles. The zero-order valence-electron chi connectivity index (χ0n) is 8.80. The van der Waals surface area contributed by atoms with Crippen molar-refractivity contribution >= 4 is 8.80 Å². The molecule has 1 aliphatic carbocycles. The second kappa shape index (κ2) is 4.48. The van der Waals surface area contributed by atoms with Gasteiger partial charge in [-0.1, -0.05) is 50.2 Å². The molecule has 1 atom stereocenters. The Labute approximate surface area is 83.3 Å². The van der Waals surface area contributed by atoms with Crippen LogP contribution in [0.3, 0.4) is 0 Å². The molecule has 0 nitrogen and oxygen atoms in total. The van der Waals surface area contributed by atoms with E-state index in [9.17, 15) is 0 Å². The van der Waals surface area contributed by atoms with Gasteiger partial charge in [0, 0.05) is 11.5 Å². The summed E-state index contributed by atoms with van der Waals surface area (Å²) in [6.07, 6.45) is 10.9. The fourth-order valence-corrected chi connectivity index (χ4v) is 3.05. The lowest BCUT2D eigenvalue weighted by molar-refractivity contribution is 0.850. The molecule has 0 aromatic rings. The summed E-state index contributed by atoms with van der Waals surface area (Å²) in [6.45, 7) is 6.88. The predicted octanol–water partition coefficient (Wildman–Crippen LogP) is 3.14. The Morgan fingerprint density at radius 2 is 2.15 bits per heavy atom. The van der Waals surface area contributed by atoms with Crippen molar-refractivity contribution in [3.8, 4) is 11.8 Å². The van der Waals surface area contributed by atoms with Crippen LogP contribution in [0.4, 0.5) is 0 Å². The molecule has 0 aromatic carbocycles. The van der Waals surface area contributed by atoms with Crippen molar-refractivity contribution in [3.63, 3.8) is 0 Å². The Bertz CT molecular complexity index is 275. The molecule has 1 heteroatoms. The first-order chi connectivity index (χ1) is 6.21. The molecule has 0 amide bonds. The third-order valence-corrected chi connectivity index (χ3v) is 5.26. The molecule has 0 N–H and O–H groups in total. The van der Waals surface area contributed by atoms with E-state index < -0.39 is 8.80 Å². The minimum Gasteiger partial charge on any atom is -0.103 e. The normalized spacial score (nSPS) is 25.8. The van der Waals surface area contributed by atoms with Crippen LogP contribution in [0.15, 0.2) is 24.3 Å². The molecule has 1 aliphatic rings. The van der Waals surface area contributed by atoms with Gasteiger partial charge in [-0.15, -0.1) is 5.92 Å². The molecule has 0 fully saturated rings. The molecule has 0 saturated carbocycles. The summed E-state index contributed by atoms with van der Waals surface area (Å²) in [4.78, 5) is 0. The number of hydrogen-bond acceptors (Lipinski definition) is 0. The smallest absolute Gasteiger partial charge is 0.0574 e. The van der Waals surface area contributed by atoms with Crippen LogP contribution in [0.5, 0.6) is 0 Å². The molecule has 0 aliphatic heterocycles. The van der Waals surface area contributed by atoms with Crippen molar-refractivity contribution in [3.05, 3.63) is 24.3 Å². The van der Waals surface area contributed by atoms with E-state index in [2.05, 4.69) is 56.2 Å². The highest BCUT2D eigenvalue weighted by molar-refractivity contribution is 6.61. The highest BCUT2D eigenvalue weighted by Gasteiger charge is 2.29. The number of hydrogen-bond donors (Lipinski definition) is 0. The van der Waals surface area contributed by atoms with E-state index in [1.807, 2.05) is 0 Å². The first-order valence-corrected chi connectivity index (χ1v) is 7.94. The third kappa shape index (κ3) is 2.35. The van der Waals surface area contributed by atoms with Gasteiger partial charge >= 0.3 is 0 Å². The minimum atomic E-state index is -0.731. The average molecular weight is 190 g/mol. The molecule has 0 spiro atoms. The van der Waals surface area contributed by atoms with Crippen molar-refractivity contribution < 1.29 is 0 Å². The lowest BCUT2D eigenvalue weighted by atomic mass is 10.00. The van der Waals surface area contributed by atoms with Gasteiger partial charge in [-0.25, -0.2) is 0 Å². The fraction of sp³-hybridized carbons (Fsp3) is 0.500. The van der Waals surface area contributed by atoms with E-state index in [0.717, 1.165) is 12.8 Å². The van der Waals surface area contributed by atoms with Crippen LogP contribution >= 0.6 is 0 Å². The number of rotatable bonds is 1. The van der Waals surface area contributed by atoms with E-state index in [4.69, 9.17) is 0 Å². The quantitative estimate of drug-likeness (QED) is 0.440. The molecule has 0 bridgehead atoms. The summed E-state index contributed by atoms with van der Waals surface area (Å²) < 4.78 is 0. The first-order valence-electron chi connectivity index (χ1n) is 5.05. The van der Waals surface area contributed by atoms with E-state index in [1.165, 1.54) is 0 Å². The summed E-state index contributed by atoms with van der Waals surface area (Å²) in [5.41, 5.74) is 0. The second-order valence-corrected chi connectivity index (χ2v) is 7.18. The Balaban J connectivity index is 2.88. The van der Waals surface area contributed by atoms with Crippen LogP contribution in [0.2, 0.25) is 18.1 Å². The molecule has 1 unspecified atom stereocenters. The molecule has 0 saturated heterocycles. The van der Waals surface area contributed by atoms with Gasteiger partial charge in [-0.05, 0) is 6.42 Å². The van der Waals surface area contributed by atoms with Gasteiger partial charge < -0.3 is 0 Å². The summed E-state index contributed by atoms with van der Waals surface area (Å²) in [5, 5.41) is 0.241. The van der Waals surface area contributed by atoms with Crippen molar-refractivity contribution in [1.29, 1.82) is 0 Å². The van der Waals surface area contributed by atoms with Gasteiger partial charge in [0.2, 0.25) is 0 Å². The number of allylic oxidation sites excluding steroid dienone is 4. The zero-order valence-corrected chi connectivity index (χ0v) is 9.96. The largest absolute Gasteiger partial charge is 0.103 e. The molecule has 1 rings (SSSR count). The Hall–Kier alpha value is -0.743. The Morgan fingerprint density at radius 1 is 1.38 bits per heavy atom. The van der Waals surface area contributed by atoms with Gasteiger partial charge in [0.1, 0.15) is 0 Å². The summed E-state index contributed by atoms with van der Waals surface area (Å²) >= 11 is 0. The molecule has 0 radical (unpaired) electrons. The van der Waals surface area contributed by atoms with Crippen LogP contribution in [-0.4, -0.2) is 8.80 Å². The van der Waals surface area contributed by atoms with E-state index in [-0.39, 0.29) is 5.04 Å². The standard InChI is InChI=1S/C12H18Si/c1-4-5-9-12(13(2)3)10-7-6-8-11-12/h6-8,10,13H,4,11H2,1-3H3. The minimum absolute atomic E-state index is 0.241. The lowest BCUT2D eigenvalue weighted by Crippen LogP contribution is -2.24. The van der Waals surface area contributed by atoms with E-state index in [1.54, 1.807) is 0 Å². The van der Waals surface area contributed by atoms with Crippen LogP contribution in [-0.2, 0) is 0 Å². The fourth-order valence-electron chi connectivity index (χ4n) is 1.56. The lowest BCUT2D eigenvalue weighted by Gasteiger charge is -2.29. The topological polar surface area (TPSA) is 0 Å². The van der Waals surface area contributed by atoms with Crippen LogP contribution < -0.4 is 0 Å². The maximum Gasteiger partial charge on any atom is 0.0574 e. The maximum atomic E-state index is 3.46. The van der Waals surface area contributed by atoms with Crippen LogP contribution in [0.1, 0.15) is 19.8 Å².